The second-order valence-electron chi connectivity index (χ2n) is 6.75. The standard InChI is InChI=1S/C19H22N6O3/c1-12-17(19(24(3)22-12)25-9-4-10-25)21-18(26)14-5-7-15(8-6-14)27-11-16-20-13(2)28-23-16/h5-8H,4,9-11H2,1-3H3,(H,21,26). The topological polar surface area (TPSA) is 98.3 Å². The van der Waals surface area contributed by atoms with Crippen LogP contribution in [0.5, 0.6) is 5.75 Å². The summed E-state index contributed by atoms with van der Waals surface area (Å²) < 4.78 is 12.3. The number of aryl methyl sites for hydroxylation is 3. The first-order valence-electron chi connectivity index (χ1n) is 9.13. The van der Waals surface area contributed by atoms with Crippen LogP contribution in [0.3, 0.4) is 0 Å². The molecule has 0 spiro atoms. The number of amides is 1. The molecule has 0 aliphatic carbocycles. The Kier molecular flexibility index (Phi) is 4.72. The molecule has 1 saturated heterocycles. The van der Waals surface area contributed by atoms with E-state index in [1.807, 2.05) is 18.7 Å². The minimum atomic E-state index is -0.182. The molecule has 1 aliphatic rings. The number of aromatic nitrogens is 4. The van der Waals surface area contributed by atoms with Gasteiger partial charge in [-0.2, -0.15) is 10.1 Å². The van der Waals surface area contributed by atoms with Gasteiger partial charge < -0.3 is 19.5 Å². The van der Waals surface area contributed by atoms with E-state index in [4.69, 9.17) is 9.26 Å². The lowest BCUT2D eigenvalue weighted by Crippen LogP contribution is -2.39. The van der Waals surface area contributed by atoms with Crippen molar-refractivity contribution in [2.45, 2.75) is 26.9 Å². The molecule has 1 aliphatic heterocycles. The highest BCUT2D eigenvalue weighted by molar-refractivity contribution is 6.06. The number of nitrogens with one attached hydrogen (secondary N) is 1. The van der Waals surface area contributed by atoms with E-state index in [0.717, 1.165) is 36.7 Å². The zero-order valence-corrected chi connectivity index (χ0v) is 16.1. The van der Waals surface area contributed by atoms with Crippen molar-refractivity contribution in [1.29, 1.82) is 0 Å². The maximum absolute atomic E-state index is 12.7. The van der Waals surface area contributed by atoms with Gasteiger partial charge >= 0.3 is 0 Å². The molecular formula is C19H22N6O3. The van der Waals surface area contributed by atoms with E-state index in [0.29, 0.717) is 23.0 Å². The molecule has 0 radical (unpaired) electrons. The zero-order chi connectivity index (χ0) is 19.7. The fourth-order valence-electron chi connectivity index (χ4n) is 3.12. The Morgan fingerprint density at radius 1 is 1.25 bits per heavy atom. The van der Waals surface area contributed by atoms with Crippen LogP contribution >= 0.6 is 0 Å². The van der Waals surface area contributed by atoms with E-state index in [-0.39, 0.29) is 12.5 Å². The van der Waals surface area contributed by atoms with Crippen LogP contribution < -0.4 is 15.0 Å². The highest BCUT2D eigenvalue weighted by atomic mass is 16.5. The maximum Gasteiger partial charge on any atom is 0.255 e. The fourth-order valence-corrected chi connectivity index (χ4v) is 3.12. The largest absolute Gasteiger partial charge is 0.485 e. The molecule has 0 saturated carbocycles. The Morgan fingerprint density at radius 3 is 2.61 bits per heavy atom. The van der Waals surface area contributed by atoms with Crippen molar-refractivity contribution in [3.63, 3.8) is 0 Å². The third kappa shape index (κ3) is 3.55. The lowest BCUT2D eigenvalue weighted by atomic mass is 10.2. The Morgan fingerprint density at radius 2 is 2.00 bits per heavy atom. The van der Waals surface area contributed by atoms with Crippen LogP contribution in [0.15, 0.2) is 28.8 Å². The van der Waals surface area contributed by atoms with Crippen molar-refractivity contribution in [3.05, 3.63) is 47.2 Å². The average Bonchev–Trinajstić information content (AvgIpc) is 3.17. The molecule has 28 heavy (non-hydrogen) atoms. The minimum absolute atomic E-state index is 0.182. The number of hydrogen-bond acceptors (Lipinski definition) is 7. The molecule has 0 atom stereocenters. The van der Waals surface area contributed by atoms with Crippen molar-refractivity contribution in [2.75, 3.05) is 23.3 Å². The van der Waals surface area contributed by atoms with Gasteiger partial charge in [0.15, 0.2) is 12.4 Å². The Labute approximate surface area is 162 Å². The summed E-state index contributed by atoms with van der Waals surface area (Å²) in [5, 5.41) is 11.2. The van der Waals surface area contributed by atoms with Gasteiger partial charge in [-0.25, -0.2) is 0 Å². The highest BCUT2D eigenvalue weighted by Crippen LogP contribution is 2.32. The van der Waals surface area contributed by atoms with Crippen LogP contribution in [0.1, 0.15) is 34.2 Å². The summed E-state index contributed by atoms with van der Waals surface area (Å²) >= 11 is 0. The predicted molar refractivity (Wildman–Crippen MR) is 103 cm³/mol. The second kappa shape index (κ2) is 7.34. The number of nitrogens with zero attached hydrogens (tertiary/aromatic N) is 5. The van der Waals surface area contributed by atoms with E-state index in [1.54, 1.807) is 31.2 Å². The molecule has 1 amide bonds. The lowest BCUT2D eigenvalue weighted by molar-refractivity contribution is 0.102. The maximum atomic E-state index is 12.7. The summed E-state index contributed by atoms with van der Waals surface area (Å²) in [4.78, 5) is 19.0. The van der Waals surface area contributed by atoms with Crippen molar-refractivity contribution >= 4 is 17.4 Å². The van der Waals surface area contributed by atoms with Gasteiger partial charge in [-0.3, -0.25) is 9.48 Å². The molecule has 0 unspecified atom stereocenters. The minimum Gasteiger partial charge on any atom is -0.485 e. The van der Waals surface area contributed by atoms with Crippen molar-refractivity contribution in [2.24, 2.45) is 7.05 Å². The van der Waals surface area contributed by atoms with Crippen LogP contribution in [0.25, 0.3) is 0 Å². The monoisotopic (exact) mass is 382 g/mol. The third-order valence-electron chi connectivity index (χ3n) is 4.64. The third-order valence-corrected chi connectivity index (χ3v) is 4.64. The molecule has 2 aromatic heterocycles. The number of benzene rings is 1. The molecule has 4 rings (SSSR count). The number of rotatable bonds is 6. The van der Waals surface area contributed by atoms with Gasteiger partial charge in [-0.1, -0.05) is 5.16 Å². The van der Waals surface area contributed by atoms with E-state index < -0.39 is 0 Å². The van der Waals surface area contributed by atoms with Crippen LogP contribution in [0.4, 0.5) is 11.5 Å². The predicted octanol–water partition coefficient (Wildman–Crippen LogP) is 2.46. The van der Waals surface area contributed by atoms with Crippen LogP contribution in [-0.4, -0.2) is 38.9 Å². The van der Waals surface area contributed by atoms with Crippen molar-refractivity contribution < 1.29 is 14.1 Å². The van der Waals surface area contributed by atoms with E-state index >= 15 is 0 Å². The smallest absolute Gasteiger partial charge is 0.255 e. The van der Waals surface area contributed by atoms with Crippen molar-refractivity contribution in [1.82, 2.24) is 19.9 Å². The van der Waals surface area contributed by atoms with Gasteiger partial charge in [-0.15, -0.1) is 0 Å². The van der Waals surface area contributed by atoms with Crippen molar-refractivity contribution in [3.8, 4) is 5.75 Å². The molecule has 3 heterocycles. The molecule has 1 N–H and O–H groups in total. The van der Waals surface area contributed by atoms with Crippen LogP contribution in [-0.2, 0) is 13.7 Å². The molecule has 0 bridgehead atoms. The summed E-state index contributed by atoms with van der Waals surface area (Å²) in [6.07, 6.45) is 1.16. The number of ether oxygens (including phenoxy) is 1. The number of hydrogen-bond donors (Lipinski definition) is 1. The first kappa shape index (κ1) is 18.0. The Balaban J connectivity index is 1.43. The van der Waals surface area contributed by atoms with Crippen LogP contribution in [0, 0.1) is 13.8 Å². The van der Waals surface area contributed by atoms with Gasteiger partial charge in [-0.05, 0) is 37.6 Å². The first-order chi connectivity index (χ1) is 13.5. The van der Waals surface area contributed by atoms with Gasteiger partial charge in [0.25, 0.3) is 5.91 Å². The Bertz CT molecular complexity index is 988. The van der Waals surface area contributed by atoms with E-state index in [9.17, 15) is 4.79 Å². The Hall–Kier alpha value is -3.36. The molecule has 1 fully saturated rings. The summed E-state index contributed by atoms with van der Waals surface area (Å²) in [6.45, 7) is 5.79. The normalized spacial score (nSPS) is 13.3. The zero-order valence-electron chi connectivity index (χ0n) is 16.1. The van der Waals surface area contributed by atoms with Gasteiger partial charge in [0.05, 0.1) is 5.69 Å². The molecule has 3 aromatic rings. The van der Waals surface area contributed by atoms with Gasteiger partial charge in [0.2, 0.25) is 11.7 Å². The summed E-state index contributed by atoms with van der Waals surface area (Å²) in [5.41, 5.74) is 2.11. The quantitative estimate of drug-likeness (QED) is 0.699. The summed E-state index contributed by atoms with van der Waals surface area (Å²) in [5.74, 6) is 2.36. The number of carbonyl (C=O) groups is 1. The molecule has 9 nitrogen and oxygen atoms in total. The summed E-state index contributed by atoms with van der Waals surface area (Å²) in [7, 11) is 1.90. The average molecular weight is 382 g/mol. The molecule has 9 heteroatoms. The van der Waals surface area contributed by atoms with E-state index in [2.05, 4.69) is 25.5 Å². The molecule has 1 aromatic carbocycles. The van der Waals surface area contributed by atoms with Gasteiger partial charge in [0, 0.05) is 32.6 Å². The second-order valence-corrected chi connectivity index (χ2v) is 6.75. The van der Waals surface area contributed by atoms with Crippen LogP contribution in [0.2, 0.25) is 0 Å². The fraction of sp³-hybridized carbons (Fsp3) is 0.368. The number of carbonyl (C=O) groups excluding carboxylic acids is 1. The van der Waals surface area contributed by atoms with Gasteiger partial charge in [0.1, 0.15) is 11.4 Å². The van der Waals surface area contributed by atoms with E-state index in [1.165, 1.54) is 0 Å². The number of anilines is 2. The SMILES string of the molecule is Cc1nc(COc2ccc(C(=O)Nc3c(C)nn(C)c3N3CCC3)cc2)no1. The summed E-state index contributed by atoms with van der Waals surface area (Å²) in [6, 6.07) is 6.94. The lowest BCUT2D eigenvalue weighted by Gasteiger charge is -2.33. The molecular weight excluding hydrogens is 360 g/mol. The first-order valence-corrected chi connectivity index (χ1v) is 9.13. The molecule has 146 valence electrons. The highest BCUT2D eigenvalue weighted by Gasteiger charge is 2.25.